The van der Waals surface area contributed by atoms with Crippen molar-refractivity contribution in [3.8, 4) is 11.5 Å². The molecule has 1 saturated carbocycles. The number of para-hydroxylation sites is 1. The Morgan fingerprint density at radius 1 is 1.07 bits per heavy atom. The molecule has 4 N–H and O–H groups in total. The van der Waals surface area contributed by atoms with Crippen LogP contribution in [-0.4, -0.2) is 22.6 Å². The summed E-state index contributed by atoms with van der Waals surface area (Å²) in [4.78, 5) is 15.0. The lowest BCUT2D eigenvalue weighted by Crippen LogP contribution is -2.58. The summed E-state index contributed by atoms with van der Waals surface area (Å²) >= 11 is 6.59. The molecule has 0 amide bonds. The van der Waals surface area contributed by atoms with Gasteiger partial charge in [-0.1, -0.05) is 24.1 Å². The minimum absolute atomic E-state index is 0.220. The first kappa shape index (κ1) is 18.7. The number of hydrogen-bond donors (Lipinski definition) is 2. The van der Waals surface area contributed by atoms with Gasteiger partial charge >= 0.3 is 0 Å². The van der Waals surface area contributed by atoms with Crippen molar-refractivity contribution < 1.29 is 9.15 Å². The molecule has 30 heavy (non-hydrogen) atoms. The maximum absolute atomic E-state index is 6.59. The highest BCUT2D eigenvalue weighted by Gasteiger charge is 2.42. The van der Waals surface area contributed by atoms with Crippen LogP contribution in [0, 0.1) is 0 Å². The van der Waals surface area contributed by atoms with Crippen molar-refractivity contribution in [1.82, 2.24) is 4.98 Å². The van der Waals surface area contributed by atoms with Crippen LogP contribution < -0.4 is 21.1 Å². The van der Waals surface area contributed by atoms with Crippen molar-refractivity contribution >= 4 is 40.3 Å². The Morgan fingerprint density at radius 3 is 2.70 bits per heavy atom. The molecule has 0 saturated heterocycles. The molecular weight excluding hydrogens is 404 g/mol. The Bertz CT molecular complexity index is 1170. The highest BCUT2D eigenvalue weighted by atomic mass is 35.5. The molecule has 0 radical (unpaired) electrons. The van der Waals surface area contributed by atoms with Gasteiger partial charge in [0.2, 0.25) is 11.9 Å². The normalized spacial score (nSPS) is 18.4. The zero-order valence-corrected chi connectivity index (χ0v) is 17.0. The number of rotatable bonds is 3. The molecule has 2 aromatic carbocycles. The van der Waals surface area contributed by atoms with Crippen LogP contribution in [0.3, 0.4) is 0 Å². The van der Waals surface area contributed by atoms with Crippen molar-refractivity contribution in [1.29, 1.82) is 0 Å². The number of hydrogen-bond acceptors (Lipinski definition) is 8. The predicted octanol–water partition coefficient (Wildman–Crippen LogP) is 4.38. The first-order valence-electron chi connectivity index (χ1n) is 9.85. The molecular formula is C21H21ClN6O2. The van der Waals surface area contributed by atoms with Crippen molar-refractivity contribution in [3.05, 3.63) is 47.8 Å². The molecule has 3 aromatic rings. The number of fused-ring (bicyclic) bond motifs is 1. The van der Waals surface area contributed by atoms with E-state index in [0.29, 0.717) is 33.6 Å². The summed E-state index contributed by atoms with van der Waals surface area (Å²) < 4.78 is 11.4. The number of benzene rings is 2. The lowest BCUT2D eigenvalue weighted by molar-refractivity contribution is 0.305. The van der Waals surface area contributed by atoms with Crippen molar-refractivity contribution in [3.63, 3.8) is 0 Å². The predicted molar refractivity (Wildman–Crippen MR) is 117 cm³/mol. The fraction of sp³-hybridized carbons (Fsp3) is 0.286. The molecule has 9 heteroatoms. The SMILES string of the molecule is NC1=NC2(CCCCC2)N(c2ccc(Oc3cccc4ocnc34)c(Cl)c2)C(N)=N1. The maximum atomic E-state index is 6.59. The third-order valence-corrected chi connectivity index (χ3v) is 5.86. The Morgan fingerprint density at radius 2 is 1.90 bits per heavy atom. The third-order valence-electron chi connectivity index (χ3n) is 5.57. The van der Waals surface area contributed by atoms with Gasteiger partial charge in [0.15, 0.2) is 23.2 Å². The summed E-state index contributed by atoms with van der Waals surface area (Å²) in [6, 6.07) is 11.0. The third kappa shape index (κ3) is 3.13. The molecule has 154 valence electrons. The summed E-state index contributed by atoms with van der Waals surface area (Å²) in [5.74, 6) is 1.61. The molecule has 5 rings (SSSR count). The summed E-state index contributed by atoms with van der Waals surface area (Å²) in [6.45, 7) is 0. The van der Waals surface area contributed by atoms with E-state index >= 15 is 0 Å². The lowest BCUT2D eigenvalue weighted by Gasteiger charge is -2.45. The topological polar surface area (TPSA) is 115 Å². The van der Waals surface area contributed by atoms with Gasteiger partial charge in [-0.3, -0.25) is 4.90 Å². The van der Waals surface area contributed by atoms with E-state index in [1.807, 2.05) is 41.3 Å². The summed E-state index contributed by atoms with van der Waals surface area (Å²) in [6.07, 6.45) is 6.37. The van der Waals surface area contributed by atoms with Gasteiger partial charge in [-0.05, 0) is 56.0 Å². The Balaban J connectivity index is 1.49. The van der Waals surface area contributed by atoms with E-state index in [1.54, 1.807) is 0 Å². The minimum Gasteiger partial charge on any atom is -0.453 e. The van der Waals surface area contributed by atoms with Crippen LogP contribution in [0.4, 0.5) is 5.69 Å². The summed E-state index contributed by atoms with van der Waals surface area (Å²) in [5.41, 5.74) is 13.8. The average Bonchev–Trinajstić information content (AvgIpc) is 3.20. The monoisotopic (exact) mass is 424 g/mol. The van der Waals surface area contributed by atoms with Crippen LogP contribution in [0.25, 0.3) is 11.1 Å². The number of guanidine groups is 2. The molecule has 0 bridgehead atoms. The summed E-state index contributed by atoms with van der Waals surface area (Å²) in [7, 11) is 0. The molecule has 1 spiro atoms. The van der Waals surface area contributed by atoms with Crippen LogP contribution in [0.1, 0.15) is 32.1 Å². The van der Waals surface area contributed by atoms with Crippen LogP contribution in [0.2, 0.25) is 5.02 Å². The quantitative estimate of drug-likeness (QED) is 0.644. The number of oxazole rings is 1. The second-order valence-corrected chi connectivity index (χ2v) is 7.90. The van der Waals surface area contributed by atoms with Crippen LogP contribution in [0.5, 0.6) is 11.5 Å². The molecule has 0 unspecified atom stereocenters. The zero-order chi connectivity index (χ0) is 20.7. The number of anilines is 1. The molecule has 2 heterocycles. The lowest BCUT2D eigenvalue weighted by atomic mass is 9.87. The maximum Gasteiger partial charge on any atom is 0.220 e. The van der Waals surface area contributed by atoms with Crippen LogP contribution in [-0.2, 0) is 0 Å². The van der Waals surface area contributed by atoms with E-state index in [9.17, 15) is 0 Å². The Labute approximate surface area is 178 Å². The van der Waals surface area contributed by atoms with Crippen LogP contribution in [0.15, 0.2) is 57.2 Å². The van der Waals surface area contributed by atoms with E-state index in [4.69, 9.17) is 32.2 Å². The minimum atomic E-state index is -0.522. The summed E-state index contributed by atoms with van der Waals surface area (Å²) in [5, 5.41) is 0.439. The van der Waals surface area contributed by atoms with E-state index in [0.717, 1.165) is 31.4 Å². The van der Waals surface area contributed by atoms with Gasteiger partial charge in [0.1, 0.15) is 11.4 Å². The highest BCUT2D eigenvalue weighted by molar-refractivity contribution is 6.32. The molecule has 8 nitrogen and oxygen atoms in total. The van der Waals surface area contributed by atoms with Gasteiger partial charge in [-0.25, -0.2) is 9.98 Å². The number of aromatic nitrogens is 1. The number of halogens is 1. The van der Waals surface area contributed by atoms with Crippen LogP contribution >= 0.6 is 11.6 Å². The molecule has 0 atom stereocenters. The molecule has 1 aromatic heterocycles. The van der Waals surface area contributed by atoms with E-state index in [1.165, 1.54) is 12.8 Å². The van der Waals surface area contributed by atoms with Gasteiger partial charge < -0.3 is 20.6 Å². The second kappa shape index (κ2) is 7.21. The molecule has 1 aliphatic carbocycles. The van der Waals surface area contributed by atoms with Gasteiger partial charge in [0, 0.05) is 5.69 Å². The Kier molecular flexibility index (Phi) is 4.51. The number of nitrogens with zero attached hydrogens (tertiary/aromatic N) is 4. The van der Waals surface area contributed by atoms with E-state index in [2.05, 4.69) is 15.0 Å². The van der Waals surface area contributed by atoms with Gasteiger partial charge in [0.05, 0.1) is 5.02 Å². The van der Waals surface area contributed by atoms with Crippen molar-refractivity contribution in [2.75, 3.05) is 4.90 Å². The molecule has 1 fully saturated rings. The van der Waals surface area contributed by atoms with Gasteiger partial charge in [-0.2, -0.15) is 4.99 Å². The average molecular weight is 425 g/mol. The fourth-order valence-corrected chi connectivity index (χ4v) is 4.48. The second-order valence-electron chi connectivity index (χ2n) is 7.49. The van der Waals surface area contributed by atoms with E-state index in [-0.39, 0.29) is 5.96 Å². The number of aliphatic imine (C=N–C) groups is 2. The smallest absolute Gasteiger partial charge is 0.220 e. The van der Waals surface area contributed by atoms with E-state index < -0.39 is 5.66 Å². The first-order valence-corrected chi connectivity index (χ1v) is 10.2. The van der Waals surface area contributed by atoms with Gasteiger partial charge in [-0.15, -0.1) is 0 Å². The zero-order valence-electron chi connectivity index (χ0n) is 16.2. The molecule has 2 aliphatic rings. The fourth-order valence-electron chi connectivity index (χ4n) is 4.27. The standard InChI is InChI=1S/C21H21ClN6O2/c22-14-11-13(28-20(24)26-19(23)27-21(28)9-2-1-3-10-21)7-8-15(14)30-17-6-4-5-16-18(17)25-12-29-16/h4-8,11-12H,1-3,9-10H2,(H4,23,24,26,27). The Hall–Kier alpha value is -3.26. The highest BCUT2D eigenvalue weighted by Crippen LogP contribution is 2.42. The number of nitrogens with two attached hydrogens (primary N) is 2. The molecule has 1 aliphatic heterocycles. The number of ether oxygens (including phenoxy) is 1. The van der Waals surface area contributed by atoms with Crippen molar-refractivity contribution in [2.45, 2.75) is 37.8 Å². The van der Waals surface area contributed by atoms with Gasteiger partial charge in [0.25, 0.3) is 0 Å². The van der Waals surface area contributed by atoms with Crippen molar-refractivity contribution in [2.24, 2.45) is 21.5 Å². The first-order chi connectivity index (χ1) is 14.6. The largest absolute Gasteiger partial charge is 0.453 e.